The van der Waals surface area contributed by atoms with Gasteiger partial charge in [0.05, 0.1) is 0 Å². The van der Waals surface area contributed by atoms with Crippen molar-refractivity contribution in [3.05, 3.63) is 0 Å². The van der Waals surface area contributed by atoms with Gasteiger partial charge in [-0.3, -0.25) is 4.90 Å². The molecule has 0 spiro atoms. The molecule has 2 unspecified atom stereocenters. The van der Waals surface area contributed by atoms with Gasteiger partial charge in [-0.05, 0) is 45.9 Å². The molecule has 2 fully saturated rings. The van der Waals surface area contributed by atoms with Crippen molar-refractivity contribution in [3.63, 3.8) is 0 Å². The zero-order valence-corrected chi connectivity index (χ0v) is 9.08. The van der Waals surface area contributed by atoms with E-state index in [-0.39, 0.29) is 6.04 Å². The van der Waals surface area contributed by atoms with E-state index < -0.39 is 6.17 Å². The Morgan fingerprint density at radius 3 is 2.43 bits per heavy atom. The summed E-state index contributed by atoms with van der Waals surface area (Å²) in [4.78, 5) is 4.48. The highest BCUT2D eigenvalue weighted by Crippen LogP contribution is 2.22. The molecule has 2 aliphatic heterocycles. The van der Waals surface area contributed by atoms with Crippen molar-refractivity contribution in [2.75, 3.05) is 33.2 Å². The van der Waals surface area contributed by atoms with Crippen LogP contribution < -0.4 is 0 Å². The summed E-state index contributed by atoms with van der Waals surface area (Å²) in [6.07, 6.45) is 4.24. The van der Waals surface area contributed by atoms with Crippen LogP contribution in [0.4, 0.5) is 4.39 Å². The van der Waals surface area contributed by atoms with E-state index in [2.05, 4.69) is 9.80 Å². The van der Waals surface area contributed by atoms with E-state index in [9.17, 15) is 4.39 Å². The van der Waals surface area contributed by atoms with Crippen LogP contribution in [0.15, 0.2) is 0 Å². The Hall–Kier alpha value is -0.150. The first-order valence-electron chi connectivity index (χ1n) is 5.84. The first-order valence-corrected chi connectivity index (χ1v) is 5.84. The van der Waals surface area contributed by atoms with Gasteiger partial charge in [0.15, 0.2) is 0 Å². The molecular weight excluding hydrogens is 179 g/mol. The predicted molar refractivity (Wildman–Crippen MR) is 56.2 cm³/mol. The Kier molecular flexibility index (Phi) is 3.39. The number of halogens is 1. The molecule has 0 aromatic rings. The molecule has 0 aromatic heterocycles. The number of piperidine rings is 2. The lowest BCUT2D eigenvalue weighted by molar-refractivity contribution is 0.0334. The fraction of sp³-hybridized carbons (Fsp3) is 1.00. The summed E-state index contributed by atoms with van der Waals surface area (Å²) in [6.45, 7) is 3.92. The predicted octanol–water partition coefficient (Wildman–Crippen LogP) is 1.51. The maximum absolute atomic E-state index is 13.8. The summed E-state index contributed by atoms with van der Waals surface area (Å²) in [5, 5.41) is 0. The Bertz CT molecular complexity index is 180. The van der Waals surface area contributed by atoms with Gasteiger partial charge < -0.3 is 4.90 Å². The molecule has 0 aromatic carbocycles. The summed E-state index contributed by atoms with van der Waals surface area (Å²) in [6, 6.07) is 0.214. The second-order valence-corrected chi connectivity index (χ2v) is 4.73. The molecule has 2 atom stereocenters. The highest BCUT2D eigenvalue weighted by Gasteiger charge is 2.32. The van der Waals surface area contributed by atoms with Crippen LogP contribution in [0.5, 0.6) is 0 Å². The van der Waals surface area contributed by atoms with Gasteiger partial charge in [0.25, 0.3) is 0 Å². The van der Waals surface area contributed by atoms with Gasteiger partial charge in [0.2, 0.25) is 0 Å². The van der Waals surface area contributed by atoms with Crippen molar-refractivity contribution in [2.24, 2.45) is 0 Å². The number of hydrogen-bond donors (Lipinski definition) is 0. The van der Waals surface area contributed by atoms with E-state index in [1.807, 2.05) is 7.05 Å². The Morgan fingerprint density at radius 2 is 1.79 bits per heavy atom. The third-order valence-corrected chi connectivity index (χ3v) is 3.57. The minimum absolute atomic E-state index is 0.214. The van der Waals surface area contributed by atoms with Crippen LogP contribution in [0.3, 0.4) is 0 Å². The second-order valence-electron chi connectivity index (χ2n) is 4.73. The summed E-state index contributed by atoms with van der Waals surface area (Å²) >= 11 is 0. The monoisotopic (exact) mass is 200 g/mol. The second kappa shape index (κ2) is 4.58. The number of likely N-dealkylation sites (tertiary alicyclic amines) is 2. The zero-order chi connectivity index (χ0) is 9.97. The molecule has 0 amide bonds. The van der Waals surface area contributed by atoms with E-state index >= 15 is 0 Å². The maximum Gasteiger partial charge on any atom is 0.128 e. The summed E-state index contributed by atoms with van der Waals surface area (Å²) in [5.74, 6) is 0. The molecule has 0 bridgehead atoms. The highest BCUT2D eigenvalue weighted by atomic mass is 19.1. The van der Waals surface area contributed by atoms with Crippen LogP contribution in [0.2, 0.25) is 0 Å². The van der Waals surface area contributed by atoms with E-state index in [0.29, 0.717) is 6.54 Å². The molecule has 14 heavy (non-hydrogen) atoms. The Morgan fingerprint density at radius 1 is 1.07 bits per heavy atom. The average Bonchev–Trinajstić information content (AvgIpc) is 2.19. The molecule has 0 radical (unpaired) electrons. The van der Waals surface area contributed by atoms with Gasteiger partial charge in [-0.1, -0.05) is 6.42 Å². The molecule has 2 saturated heterocycles. The van der Waals surface area contributed by atoms with E-state index in [4.69, 9.17) is 0 Å². The number of rotatable bonds is 1. The van der Waals surface area contributed by atoms with Gasteiger partial charge >= 0.3 is 0 Å². The molecule has 3 heteroatoms. The first-order chi connectivity index (χ1) is 6.77. The van der Waals surface area contributed by atoms with Crippen LogP contribution in [-0.4, -0.2) is 55.2 Å². The Balaban J connectivity index is 1.89. The van der Waals surface area contributed by atoms with Gasteiger partial charge in [-0.15, -0.1) is 0 Å². The molecule has 0 N–H and O–H groups in total. The van der Waals surface area contributed by atoms with E-state index in [1.165, 1.54) is 19.3 Å². The SMILES string of the molecule is CN1CCC(N2CCCCC2)C(F)C1. The minimum Gasteiger partial charge on any atom is -0.303 e. The van der Waals surface area contributed by atoms with Crippen LogP contribution in [0.25, 0.3) is 0 Å². The van der Waals surface area contributed by atoms with Crippen molar-refractivity contribution in [3.8, 4) is 0 Å². The third-order valence-electron chi connectivity index (χ3n) is 3.57. The van der Waals surface area contributed by atoms with Crippen LogP contribution in [-0.2, 0) is 0 Å². The topological polar surface area (TPSA) is 6.48 Å². The molecule has 82 valence electrons. The lowest BCUT2D eigenvalue weighted by Gasteiger charge is -2.41. The normalized spacial score (nSPS) is 37.3. The number of alkyl halides is 1. The largest absolute Gasteiger partial charge is 0.303 e. The quantitative estimate of drug-likeness (QED) is 0.633. The standard InChI is InChI=1S/C11H21FN2/c1-13-8-5-11(10(12)9-13)14-6-3-2-4-7-14/h10-11H,2-9H2,1H3. The molecule has 0 aliphatic carbocycles. The van der Waals surface area contributed by atoms with Gasteiger partial charge in [0, 0.05) is 12.6 Å². The van der Waals surface area contributed by atoms with Crippen molar-refractivity contribution in [1.29, 1.82) is 0 Å². The van der Waals surface area contributed by atoms with Crippen molar-refractivity contribution in [2.45, 2.75) is 37.9 Å². The lowest BCUT2D eigenvalue weighted by Crippen LogP contribution is -2.52. The maximum atomic E-state index is 13.8. The fourth-order valence-electron chi connectivity index (χ4n) is 2.71. The van der Waals surface area contributed by atoms with Gasteiger partial charge in [-0.25, -0.2) is 4.39 Å². The van der Waals surface area contributed by atoms with Crippen molar-refractivity contribution in [1.82, 2.24) is 9.80 Å². The zero-order valence-electron chi connectivity index (χ0n) is 9.08. The fourth-order valence-corrected chi connectivity index (χ4v) is 2.71. The lowest BCUT2D eigenvalue weighted by atomic mass is 9.99. The molecule has 2 rings (SSSR count). The molecular formula is C11H21FN2. The molecule has 2 aliphatic rings. The van der Waals surface area contributed by atoms with Crippen LogP contribution >= 0.6 is 0 Å². The van der Waals surface area contributed by atoms with Crippen LogP contribution in [0.1, 0.15) is 25.7 Å². The highest BCUT2D eigenvalue weighted by molar-refractivity contribution is 4.87. The van der Waals surface area contributed by atoms with E-state index in [0.717, 1.165) is 26.1 Å². The van der Waals surface area contributed by atoms with E-state index in [1.54, 1.807) is 0 Å². The van der Waals surface area contributed by atoms with Gasteiger partial charge in [0.1, 0.15) is 6.17 Å². The molecule has 2 heterocycles. The summed E-state index contributed by atoms with van der Waals surface area (Å²) in [7, 11) is 2.01. The first kappa shape index (κ1) is 10.4. The molecule has 2 nitrogen and oxygen atoms in total. The summed E-state index contributed by atoms with van der Waals surface area (Å²) in [5.41, 5.74) is 0. The van der Waals surface area contributed by atoms with Crippen molar-refractivity contribution >= 4 is 0 Å². The summed E-state index contributed by atoms with van der Waals surface area (Å²) < 4.78 is 13.8. The average molecular weight is 200 g/mol. The van der Waals surface area contributed by atoms with Crippen molar-refractivity contribution < 1.29 is 4.39 Å². The van der Waals surface area contributed by atoms with Gasteiger partial charge in [-0.2, -0.15) is 0 Å². The number of hydrogen-bond acceptors (Lipinski definition) is 2. The number of nitrogens with zero attached hydrogens (tertiary/aromatic N) is 2. The Labute approximate surface area is 86.1 Å². The molecule has 0 saturated carbocycles. The minimum atomic E-state index is -0.633. The third kappa shape index (κ3) is 2.26. The van der Waals surface area contributed by atoms with Crippen LogP contribution in [0, 0.1) is 0 Å². The smallest absolute Gasteiger partial charge is 0.128 e.